The first-order valence-electron chi connectivity index (χ1n) is 25.5. The molecule has 0 aromatic carbocycles. The fourth-order valence-electron chi connectivity index (χ4n) is 4.98. The van der Waals surface area contributed by atoms with E-state index in [1.54, 1.807) is 0 Å². The first-order chi connectivity index (χ1) is 26.2. The third-order valence-corrected chi connectivity index (χ3v) is 8.99. The van der Waals surface area contributed by atoms with E-state index in [-0.39, 0.29) is 13.2 Å². The number of aliphatic hydroxyl groups excluding tert-OH is 2. The summed E-state index contributed by atoms with van der Waals surface area (Å²) in [5.74, 6) is 0.534. The van der Waals surface area contributed by atoms with Crippen LogP contribution in [0.4, 0.5) is 0 Å². The summed E-state index contributed by atoms with van der Waals surface area (Å²) in [6.45, 7) is 34.0. The molecule has 0 spiro atoms. The molecule has 2 nitrogen and oxygen atoms in total. The van der Waals surface area contributed by atoms with Crippen LogP contribution in [0.1, 0.15) is 322 Å². The summed E-state index contributed by atoms with van der Waals surface area (Å²) in [6, 6.07) is 0. The van der Waals surface area contributed by atoms with E-state index in [9.17, 15) is 0 Å². The molecule has 0 unspecified atom stereocenters. The predicted octanol–water partition coefficient (Wildman–Crippen LogP) is 20.1. The van der Waals surface area contributed by atoms with Gasteiger partial charge < -0.3 is 10.2 Å². The van der Waals surface area contributed by atoms with Crippen molar-refractivity contribution in [1.82, 2.24) is 0 Å². The molecule has 0 bridgehead atoms. The number of hydrogen-bond donors (Lipinski definition) is 2. The van der Waals surface area contributed by atoms with Crippen molar-refractivity contribution >= 4 is 0 Å². The lowest BCUT2D eigenvalue weighted by molar-refractivity contribution is 0.208. The standard InChI is InChI=1S/C10H22O2.7C6H14/c1-2-3-4-5-10(6-8-11)7-9-12;7*1-3-5-6-4-2/h10-12H,2-9H2,1H3;7*3-6H2,1-2H3. The maximum Gasteiger partial charge on any atom is 0.0433 e. The Balaban J connectivity index is -0.0000000760. The quantitative estimate of drug-likeness (QED) is 0.0743. The lowest BCUT2D eigenvalue weighted by Crippen LogP contribution is -2.05. The van der Waals surface area contributed by atoms with Gasteiger partial charge >= 0.3 is 0 Å². The number of aliphatic hydroxyl groups is 2. The SMILES string of the molecule is CCCCCC.CCCCCC.CCCCCC.CCCCCC.CCCCCC.CCCCCC.CCCCCC.CCCCCC(CCO)CCO. The first-order valence-corrected chi connectivity index (χ1v) is 25.5. The molecule has 0 aliphatic rings. The maximum atomic E-state index is 8.74. The van der Waals surface area contributed by atoms with Gasteiger partial charge in [-0.1, -0.05) is 309 Å². The second-order valence-electron chi connectivity index (χ2n) is 15.3. The van der Waals surface area contributed by atoms with E-state index in [1.165, 1.54) is 199 Å². The molecular weight excluding hydrogens is 657 g/mol. The number of hydrogen-bond acceptors (Lipinski definition) is 2. The summed E-state index contributed by atoms with van der Waals surface area (Å²) in [4.78, 5) is 0. The Morgan fingerprint density at radius 2 is 0.333 bits per heavy atom. The van der Waals surface area contributed by atoms with Gasteiger partial charge in [0.2, 0.25) is 0 Å². The molecule has 0 amide bonds. The molecule has 0 aliphatic carbocycles. The van der Waals surface area contributed by atoms with Gasteiger partial charge in [-0.3, -0.25) is 0 Å². The van der Waals surface area contributed by atoms with Gasteiger partial charge in [0, 0.05) is 13.2 Å². The summed E-state index contributed by atoms with van der Waals surface area (Å²) in [5.41, 5.74) is 0. The molecule has 0 aromatic rings. The van der Waals surface area contributed by atoms with Crippen LogP contribution in [0.25, 0.3) is 0 Å². The third kappa shape index (κ3) is 132. The molecule has 0 aromatic heterocycles. The highest BCUT2D eigenvalue weighted by molar-refractivity contribution is 4.58. The zero-order valence-corrected chi connectivity index (χ0v) is 41.9. The van der Waals surface area contributed by atoms with Crippen LogP contribution in [0.3, 0.4) is 0 Å². The average molecular weight is 778 g/mol. The molecule has 2 N–H and O–H groups in total. The Hall–Kier alpha value is -0.0800. The zero-order chi connectivity index (χ0) is 43.0. The Bertz CT molecular complexity index is 312. The van der Waals surface area contributed by atoms with Gasteiger partial charge in [0.15, 0.2) is 0 Å². The molecule has 340 valence electrons. The van der Waals surface area contributed by atoms with E-state index in [0.717, 1.165) is 19.3 Å². The second-order valence-corrected chi connectivity index (χ2v) is 15.3. The zero-order valence-electron chi connectivity index (χ0n) is 41.9. The summed E-state index contributed by atoms with van der Waals surface area (Å²) in [5, 5.41) is 17.5. The molecule has 54 heavy (non-hydrogen) atoms. The lowest BCUT2D eigenvalue weighted by atomic mass is 9.95. The molecule has 0 rings (SSSR count). The molecule has 0 atom stereocenters. The van der Waals surface area contributed by atoms with E-state index in [4.69, 9.17) is 10.2 Å². The molecule has 0 heterocycles. The molecule has 2 heteroatoms. The topological polar surface area (TPSA) is 40.5 Å². The normalized spacial score (nSPS) is 9.44. The fourth-order valence-corrected chi connectivity index (χ4v) is 4.98. The summed E-state index contributed by atoms with van der Waals surface area (Å²) >= 11 is 0. The highest BCUT2D eigenvalue weighted by Crippen LogP contribution is 2.16. The third-order valence-electron chi connectivity index (χ3n) is 8.99. The maximum absolute atomic E-state index is 8.74. The Morgan fingerprint density at radius 3 is 0.444 bits per heavy atom. The highest BCUT2D eigenvalue weighted by atomic mass is 16.3. The Kier molecular flexibility index (Phi) is 125. The van der Waals surface area contributed by atoms with Crippen molar-refractivity contribution < 1.29 is 10.2 Å². The van der Waals surface area contributed by atoms with Gasteiger partial charge in [-0.15, -0.1) is 0 Å². The van der Waals surface area contributed by atoms with Crippen LogP contribution in [0.5, 0.6) is 0 Å². The van der Waals surface area contributed by atoms with Crippen LogP contribution in [0.15, 0.2) is 0 Å². The molecule has 0 saturated heterocycles. The van der Waals surface area contributed by atoms with Crippen molar-refractivity contribution in [1.29, 1.82) is 0 Å². The minimum atomic E-state index is 0.261. The molecule has 0 fully saturated rings. The van der Waals surface area contributed by atoms with Crippen LogP contribution < -0.4 is 0 Å². The van der Waals surface area contributed by atoms with Gasteiger partial charge in [-0.2, -0.15) is 0 Å². The van der Waals surface area contributed by atoms with Crippen molar-refractivity contribution in [3.05, 3.63) is 0 Å². The van der Waals surface area contributed by atoms with E-state index in [2.05, 4.69) is 104 Å². The van der Waals surface area contributed by atoms with Gasteiger partial charge in [0.05, 0.1) is 0 Å². The number of unbranched alkanes of at least 4 members (excludes halogenated alkanes) is 23. The van der Waals surface area contributed by atoms with Crippen molar-refractivity contribution in [3.8, 4) is 0 Å². The monoisotopic (exact) mass is 777 g/mol. The van der Waals surface area contributed by atoms with E-state index >= 15 is 0 Å². The smallest absolute Gasteiger partial charge is 0.0433 e. The van der Waals surface area contributed by atoms with Crippen molar-refractivity contribution in [2.45, 2.75) is 322 Å². The van der Waals surface area contributed by atoms with Gasteiger partial charge in [0.25, 0.3) is 0 Å². The second kappa shape index (κ2) is 94.2. The minimum Gasteiger partial charge on any atom is -0.396 e. The number of rotatable bonds is 29. The van der Waals surface area contributed by atoms with Crippen LogP contribution in [0.2, 0.25) is 0 Å². The van der Waals surface area contributed by atoms with Crippen LogP contribution in [-0.2, 0) is 0 Å². The highest BCUT2D eigenvalue weighted by Gasteiger charge is 2.06. The minimum absolute atomic E-state index is 0.261. The lowest BCUT2D eigenvalue weighted by Gasteiger charge is -2.13. The van der Waals surface area contributed by atoms with E-state index in [0.29, 0.717) is 5.92 Å². The largest absolute Gasteiger partial charge is 0.396 e. The summed E-state index contributed by atoms with van der Waals surface area (Å²) in [6.07, 6.45) is 45.4. The Morgan fingerprint density at radius 1 is 0.204 bits per heavy atom. The van der Waals surface area contributed by atoms with Gasteiger partial charge in [0.1, 0.15) is 0 Å². The van der Waals surface area contributed by atoms with Gasteiger partial charge in [-0.05, 0) is 18.8 Å². The van der Waals surface area contributed by atoms with Crippen LogP contribution >= 0.6 is 0 Å². The molecule has 0 saturated carbocycles. The average Bonchev–Trinajstić information content (AvgIpc) is 3.20. The van der Waals surface area contributed by atoms with Crippen molar-refractivity contribution in [3.63, 3.8) is 0 Å². The molecule has 0 aliphatic heterocycles. The van der Waals surface area contributed by atoms with Crippen molar-refractivity contribution in [2.24, 2.45) is 5.92 Å². The molecule has 0 radical (unpaired) electrons. The first kappa shape index (κ1) is 71.6. The van der Waals surface area contributed by atoms with Crippen molar-refractivity contribution in [2.75, 3.05) is 13.2 Å². The van der Waals surface area contributed by atoms with Crippen LogP contribution in [-0.4, -0.2) is 23.4 Å². The fraction of sp³-hybridized carbons (Fsp3) is 1.00. The predicted molar refractivity (Wildman–Crippen MR) is 260 cm³/mol. The summed E-state index contributed by atoms with van der Waals surface area (Å²) in [7, 11) is 0. The van der Waals surface area contributed by atoms with Crippen LogP contribution in [0, 0.1) is 5.92 Å². The molecular formula is C52H120O2. The van der Waals surface area contributed by atoms with E-state index < -0.39 is 0 Å². The van der Waals surface area contributed by atoms with Gasteiger partial charge in [-0.25, -0.2) is 0 Å². The Labute approximate surface area is 350 Å². The van der Waals surface area contributed by atoms with E-state index in [1.807, 2.05) is 0 Å². The summed E-state index contributed by atoms with van der Waals surface area (Å²) < 4.78 is 0.